The molecule has 1 heterocycles. The van der Waals surface area contributed by atoms with E-state index < -0.39 is 55.4 Å². The molecule has 0 saturated carbocycles. The second kappa shape index (κ2) is 36.0. The SMILES string of the molecule is CCCCC/C=C/C/C=C/CCCCCCCC(=O)OCC(COC1OC(CO)C(O)C(O)C1O)OC(=O)CCCCCCC/C=C/C/C=C/CCCCC. The van der Waals surface area contributed by atoms with Gasteiger partial charge in [-0.2, -0.15) is 0 Å². The number of hydrogen-bond donors (Lipinski definition) is 4. The van der Waals surface area contributed by atoms with Crippen LogP contribution in [0.5, 0.6) is 0 Å². The molecule has 0 aromatic carbocycles. The van der Waals surface area contributed by atoms with E-state index in [-0.39, 0.29) is 26.1 Å². The highest BCUT2D eigenvalue weighted by Crippen LogP contribution is 2.22. The minimum Gasteiger partial charge on any atom is -0.462 e. The van der Waals surface area contributed by atoms with E-state index in [0.717, 1.165) is 83.5 Å². The van der Waals surface area contributed by atoms with Crippen LogP contribution in [0.25, 0.3) is 0 Å². The van der Waals surface area contributed by atoms with Crippen LogP contribution in [-0.4, -0.2) is 89.0 Å². The number of esters is 2. The zero-order valence-corrected chi connectivity index (χ0v) is 34.4. The molecule has 1 rings (SSSR count). The topological polar surface area (TPSA) is 152 Å². The highest BCUT2D eigenvalue weighted by molar-refractivity contribution is 5.70. The molecule has 6 unspecified atom stereocenters. The predicted octanol–water partition coefficient (Wildman–Crippen LogP) is 8.88. The standard InChI is InChI=1S/C45H78O10/c1-3-5-7-9-11-13-15-17-19-21-23-25-27-29-31-33-40(47)52-36-38(37-53-45-44(51)43(50)42(49)39(35-46)55-45)54-41(48)34-32-30-28-26-24-22-20-18-16-14-12-10-8-6-4-2/h11-14,17-20,38-39,42-46,49-51H,3-10,15-16,21-37H2,1-2H3/b13-11+,14-12+,19-17+,20-18+. The Kier molecular flexibility index (Phi) is 33.2. The van der Waals surface area contributed by atoms with Crippen molar-refractivity contribution < 1.29 is 49.0 Å². The lowest BCUT2D eigenvalue weighted by molar-refractivity contribution is -0.305. The maximum atomic E-state index is 12.7. The molecule has 10 heteroatoms. The summed E-state index contributed by atoms with van der Waals surface area (Å²) < 4.78 is 22.1. The molecule has 4 N–H and O–H groups in total. The Balaban J connectivity index is 2.38. The molecule has 0 aliphatic carbocycles. The molecule has 318 valence electrons. The van der Waals surface area contributed by atoms with Crippen molar-refractivity contribution in [2.75, 3.05) is 19.8 Å². The van der Waals surface area contributed by atoms with Gasteiger partial charge >= 0.3 is 11.9 Å². The van der Waals surface area contributed by atoms with Crippen LogP contribution in [-0.2, 0) is 28.5 Å². The van der Waals surface area contributed by atoms with Crippen LogP contribution in [0, 0.1) is 0 Å². The smallest absolute Gasteiger partial charge is 0.306 e. The van der Waals surface area contributed by atoms with Crippen molar-refractivity contribution in [3.8, 4) is 0 Å². The van der Waals surface area contributed by atoms with Gasteiger partial charge in [-0.3, -0.25) is 9.59 Å². The lowest BCUT2D eigenvalue weighted by Gasteiger charge is -2.39. The van der Waals surface area contributed by atoms with E-state index in [9.17, 15) is 30.0 Å². The van der Waals surface area contributed by atoms with Crippen molar-refractivity contribution >= 4 is 11.9 Å². The number of carbonyl (C=O) groups excluding carboxylic acids is 2. The molecular weight excluding hydrogens is 700 g/mol. The average molecular weight is 779 g/mol. The molecule has 1 saturated heterocycles. The van der Waals surface area contributed by atoms with Crippen molar-refractivity contribution in [3.63, 3.8) is 0 Å². The molecule has 0 amide bonds. The van der Waals surface area contributed by atoms with Gasteiger partial charge in [-0.05, 0) is 77.0 Å². The Hall–Kier alpha value is -2.34. The van der Waals surface area contributed by atoms with Gasteiger partial charge in [-0.15, -0.1) is 0 Å². The third-order valence-electron chi connectivity index (χ3n) is 9.69. The summed E-state index contributed by atoms with van der Waals surface area (Å²) in [5.41, 5.74) is 0. The summed E-state index contributed by atoms with van der Waals surface area (Å²) in [5, 5.41) is 40.0. The molecule has 1 aliphatic heterocycles. The van der Waals surface area contributed by atoms with E-state index >= 15 is 0 Å². The number of ether oxygens (including phenoxy) is 4. The van der Waals surface area contributed by atoms with Crippen molar-refractivity contribution in [1.29, 1.82) is 0 Å². The summed E-state index contributed by atoms with van der Waals surface area (Å²) in [5.74, 6) is -0.842. The van der Waals surface area contributed by atoms with Gasteiger partial charge in [0.05, 0.1) is 13.2 Å². The number of aliphatic hydroxyl groups excluding tert-OH is 4. The quantitative estimate of drug-likeness (QED) is 0.0279. The maximum absolute atomic E-state index is 12.7. The van der Waals surface area contributed by atoms with Gasteiger partial charge in [-0.25, -0.2) is 0 Å². The van der Waals surface area contributed by atoms with Crippen LogP contribution in [0.3, 0.4) is 0 Å². The summed E-state index contributed by atoms with van der Waals surface area (Å²) in [6.45, 7) is 3.33. The number of carbonyl (C=O) groups is 2. The fourth-order valence-corrected chi connectivity index (χ4v) is 6.19. The molecule has 55 heavy (non-hydrogen) atoms. The lowest BCUT2D eigenvalue weighted by Crippen LogP contribution is -2.59. The first-order valence-electron chi connectivity index (χ1n) is 21.7. The molecule has 1 fully saturated rings. The van der Waals surface area contributed by atoms with E-state index in [1.807, 2.05) is 0 Å². The van der Waals surface area contributed by atoms with Gasteiger partial charge in [0.1, 0.15) is 31.0 Å². The zero-order valence-electron chi connectivity index (χ0n) is 34.4. The fraction of sp³-hybridized carbons (Fsp3) is 0.778. The van der Waals surface area contributed by atoms with Gasteiger partial charge in [0.2, 0.25) is 0 Å². The van der Waals surface area contributed by atoms with Crippen LogP contribution < -0.4 is 0 Å². The fourth-order valence-electron chi connectivity index (χ4n) is 6.19. The highest BCUT2D eigenvalue weighted by Gasteiger charge is 2.44. The first-order valence-corrected chi connectivity index (χ1v) is 21.7. The Morgan fingerprint density at radius 3 is 1.51 bits per heavy atom. The monoisotopic (exact) mass is 779 g/mol. The molecule has 0 aromatic rings. The summed E-state index contributed by atoms with van der Waals surface area (Å²) in [4.78, 5) is 25.3. The molecule has 0 radical (unpaired) electrons. The van der Waals surface area contributed by atoms with E-state index in [0.29, 0.717) is 12.8 Å². The number of aliphatic hydroxyl groups is 4. The minimum absolute atomic E-state index is 0.209. The lowest BCUT2D eigenvalue weighted by atomic mass is 9.99. The van der Waals surface area contributed by atoms with Crippen LogP contribution in [0.1, 0.15) is 168 Å². The van der Waals surface area contributed by atoms with Crippen molar-refractivity contribution in [2.24, 2.45) is 0 Å². The zero-order chi connectivity index (χ0) is 40.2. The molecule has 0 bridgehead atoms. The van der Waals surface area contributed by atoms with Gasteiger partial charge < -0.3 is 39.4 Å². The van der Waals surface area contributed by atoms with Gasteiger partial charge in [0.25, 0.3) is 0 Å². The van der Waals surface area contributed by atoms with E-state index in [4.69, 9.17) is 18.9 Å². The van der Waals surface area contributed by atoms with E-state index in [1.165, 1.54) is 44.9 Å². The Morgan fingerprint density at radius 1 is 0.564 bits per heavy atom. The Labute approximate surface area is 333 Å². The highest BCUT2D eigenvalue weighted by atomic mass is 16.7. The van der Waals surface area contributed by atoms with Crippen molar-refractivity contribution in [1.82, 2.24) is 0 Å². The number of allylic oxidation sites excluding steroid dienone is 8. The summed E-state index contributed by atoms with van der Waals surface area (Å²) in [6, 6.07) is 0. The summed E-state index contributed by atoms with van der Waals surface area (Å²) in [7, 11) is 0. The van der Waals surface area contributed by atoms with Crippen molar-refractivity contribution in [2.45, 2.75) is 205 Å². The average Bonchev–Trinajstić information content (AvgIpc) is 3.18. The van der Waals surface area contributed by atoms with Gasteiger partial charge in [-0.1, -0.05) is 127 Å². The number of hydrogen-bond acceptors (Lipinski definition) is 10. The first kappa shape index (κ1) is 50.7. The summed E-state index contributed by atoms with van der Waals surface area (Å²) >= 11 is 0. The molecule has 0 aromatic heterocycles. The van der Waals surface area contributed by atoms with E-state index in [2.05, 4.69) is 62.5 Å². The molecule has 1 aliphatic rings. The molecular formula is C45H78O10. The van der Waals surface area contributed by atoms with Crippen molar-refractivity contribution in [3.05, 3.63) is 48.6 Å². The second-order valence-electron chi connectivity index (χ2n) is 14.8. The van der Waals surface area contributed by atoms with Gasteiger partial charge in [0.15, 0.2) is 12.4 Å². The summed E-state index contributed by atoms with van der Waals surface area (Å²) in [6.07, 6.45) is 33.9. The number of rotatable bonds is 35. The number of unbranched alkanes of at least 4 members (excludes halogenated alkanes) is 16. The Bertz CT molecular complexity index is 1040. The molecule has 6 atom stereocenters. The maximum Gasteiger partial charge on any atom is 0.306 e. The Morgan fingerprint density at radius 2 is 1.02 bits per heavy atom. The largest absolute Gasteiger partial charge is 0.462 e. The molecule has 10 nitrogen and oxygen atoms in total. The van der Waals surface area contributed by atoms with Gasteiger partial charge in [0, 0.05) is 12.8 Å². The predicted molar refractivity (Wildman–Crippen MR) is 219 cm³/mol. The molecule has 0 spiro atoms. The first-order chi connectivity index (χ1) is 26.8. The van der Waals surface area contributed by atoms with E-state index in [1.54, 1.807) is 0 Å². The van der Waals surface area contributed by atoms with Crippen LogP contribution in [0.15, 0.2) is 48.6 Å². The van der Waals surface area contributed by atoms with Crippen LogP contribution in [0.4, 0.5) is 0 Å². The van der Waals surface area contributed by atoms with Crippen LogP contribution in [0.2, 0.25) is 0 Å². The normalized spacial score (nSPS) is 21.0. The van der Waals surface area contributed by atoms with Crippen LogP contribution >= 0.6 is 0 Å². The minimum atomic E-state index is -1.60. The third kappa shape index (κ3) is 27.8. The third-order valence-corrected chi connectivity index (χ3v) is 9.69. The second-order valence-corrected chi connectivity index (χ2v) is 14.8.